The molecule has 2 amide bonds. The Kier molecular flexibility index (Phi) is 6.33. The molecular formula is C15H19FN2O6. The van der Waals surface area contributed by atoms with Crippen LogP contribution in [0.4, 0.5) is 14.9 Å². The Morgan fingerprint density at radius 2 is 2.25 bits per heavy atom. The predicted octanol–water partition coefficient (Wildman–Crippen LogP) is 1.17. The molecule has 1 saturated heterocycles. The largest absolute Gasteiger partial charge is 0.488 e. The second-order valence-electron chi connectivity index (χ2n) is 5.06. The van der Waals surface area contributed by atoms with Crippen LogP contribution in [0, 0.1) is 5.82 Å². The summed E-state index contributed by atoms with van der Waals surface area (Å²) >= 11 is 0. The van der Waals surface area contributed by atoms with E-state index in [0.29, 0.717) is 6.61 Å². The molecule has 1 heterocycles. The number of nitrogens with one attached hydrogen (secondary N) is 1. The highest BCUT2D eigenvalue weighted by atomic mass is 19.1. The van der Waals surface area contributed by atoms with Crippen LogP contribution in [0.2, 0.25) is 0 Å². The van der Waals surface area contributed by atoms with Gasteiger partial charge in [0, 0.05) is 25.4 Å². The maximum absolute atomic E-state index is 13.9. The number of benzene rings is 1. The van der Waals surface area contributed by atoms with Gasteiger partial charge in [0.1, 0.15) is 6.61 Å². The number of anilines is 1. The molecule has 1 atom stereocenters. The van der Waals surface area contributed by atoms with Crippen molar-refractivity contribution in [2.75, 3.05) is 45.3 Å². The zero-order valence-electron chi connectivity index (χ0n) is 13.2. The van der Waals surface area contributed by atoms with Gasteiger partial charge in [-0.1, -0.05) is 0 Å². The Morgan fingerprint density at radius 1 is 1.46 bits per heavy atom. The zero-order valence-corrected chi connectivity index (χ0v) is 13.2. The zero-order chi connectivity index (χ0) is 17.5. The van der Waals surface area contributed by atoms with Crippen LogP contribution in [0.5, 0.6) is 5.75 Å². The van der Waals surface area contributed by atoms with Gasteiger partial charge in [0.25, 0.3) is 0 Å². The third-order valence-electron chi connectivity index (χ3n) is 3.36. The first-order chi connectivity index (χ1) is 11.5. The van der Waals surface area contributed by atoms with Gasteiger partial charge in [0.2, 0.25) is 0 Å². The number of amides is 2. The highest BCUT2D eigenvalue weighted by Crippen LogP contribution is 2.21. The number of hydrogen-bond acceptors (Lipinski definition) is 5. The number of urea groups is 1. The average Bonchev–Trinajstić information content (AvgIpc) is 2.57. The van der Waals surface area contributed by atoms with Crippen LogP contribution in [0.25, 0.3) is 0 Å². The third kappa shape index (κ3) is 4.80. The summed E-state index contributed by atoms with van der Waals surface area (Å²) in [6.45, 7) is 0.867. The Balaban J connectivity index is 1.94. The molecule has 0 spiro atoms. The Labute approximate surface area is 138 Å². The number of carboxylic acids is 1. The first-order valence-electron chi connectivity index (χ1n) is 7.33. The van der Waals surface area contributed by atoms with Crippen molar-refractivity contribution >= 4 is 17.7 Å². The second-order valence-corrected chi connectivity index (χ2v) is 5.06. The first kappa shape index (κ1) is 18.0. The Bertz CT molecular complexity index is 597. The van der Waals surface area contributed by atoms with Gasteiger partial charge in [-0.15, -0.1) is 0 Å². The smallest absolute Gasteiger partial charge is 0.334 e. The van der Waals surface area contributed by atoms with Crippen molar-refractivity contribution in [2.45, 2.75) is 6.10 Å². The topological polar surface area (TPSA) is 97.3 Å². The molecule has 0 saturated carbocycles. The van der Waals surface area contributed by atoms with E-state index in [-0.39, 0.29) is 37.7 Å². The fourth-order valence-electron chi connectivity index (χ4n) is 2.12. The molecule has 132 valence electrons. The van der Waals surface area contributed by atoms with Crippen molar-refractivity contribution in [3.8, 4) is 5.75 Å². The normalized spacial score (nSPS) is 17.4. The highest BCUT2D eigenvalue weighted by Gasteiger charge is 2.29. The lowest BCUT2D eigenvalue weighted by molar-refractivity contribution is -0.154. The number of carbonyl (C=O) groups is 2. The molecule has 1 unspecified atom stereocenters. The van der Waals surface area contributed by atoms with E-state index in [1.807, 2.05) is 0 Å². The lowest BCUT2D eigenvalue weighted by atomic mass is 10.2. The van der Waals surface area contributed by atoms with Gasteiger partial charge in [0.05, 0.1) is 19.8 Å². The maximum Gasteiger partial charge on any atom is 0.334 e. The summed E-state index contributed by atoms with van der Waals surface area (Å²) in [5.74, 6) is -1.69. The van der Waals surface area contributed by atoms with E-state index in [2.05, 4.69) is 5.32 Å². The molecule has 1 aliphatic heterocycles. The van der Waals surface area contributed by atoms with Crippen LogP contribution in [-0.4, -0.2) is 68.1 Å². The minimum atomic E-state index is -1.13. The van der Waals surface area contributed by atoms with Crippen LogP contribution in [-0.2, 0) is 14.3 Å². The van der Waals surface area contributed by atoms with E-state index in [9.17, 15) is 14.0 Å². The monoisotopic (exact) mass is 342 g/mol. The number of morpholine rings is 1. The summed E-state index contributed by atoms with van der Waals surface area (Å²) < 4.78 is 29.0. The van der Waals surface area contributed by atoms with Crippen molar-refractivity contribution in [3.63, 3.8) is 0 Å². The number of halogens is 1. The van der Waals surface area contributed by atoms with E-state index in [1.54, 1.807) is 0 Å². The SMILES string of the molecule is COCCOc1ccc(NC(=O)N2CCOC(C(=O)O)C2)cc1F. The number of aliphatic carboxylic acids is 1. The van der Waals surface area contributed by atoms with Gasteiger partial charge in [-0.2, -0.15) is 0 Å². The van der Waals surface area contributed by atoms with Gasteiger partial charge in [-0.25, -0.2) is 14.0 Å². The summed E-state index contributed by atoms with van der Waals surface area (Å²) in [7, 11) is 1.51. The number of nitrogens with zero attached hydrogens (tertiary/aromatic N) is 1. The molecule has 9 heteroatoms. The number of carbonyl (C=O) groups excluding carboxylic acids is 1. The number of ether oxygens (including phenoxy) is 3. The fourth-order valence-corrected chi connectivity index (χ4v) is 2.12. The van der Waals surface area contributed by atoms with E-state index in [1.165, 1.54) is 24.1 Å². The lowest BCUT2D eigenvalue weighted by Crippen LogP contribution is -2.49. The molecule has 0 bridgehead atoms. The first-order valence-corrected chi connectivity index (χ1v) is 7.33. The van der Waals surface area contributed by atoms with Crippen molar-refractivity contribution < 1.29 is 33.3 Å². The number of rotatable bonds is 6. The summed E-state index contributed by atoms with van der Waals surface area (Å²) in [6.07, 6.45) is -1.06. The molecule has 1 fully saturated rings. The molecule has 8 nitrogen and oxygen atoms in total. The number of carboxylic acid groups (broad SMARTS) is 1. The third-order valence-corrected chi connectivity index (χ3v) is 3.36. The van der Waals surface area contributed by atoms with E-state index >= 15 is 0 Å². The molecule has 1 aliphatic rings. The minimum absolute atomic E-state index is 0.0577. The maximum atomic E-state index is 13.9. The molecule has 2 N–H and O–H groups in total. The second kappa shape index (κ2) is 8.46. The standard InChI is InChI=1S/C15H19FN2O6/c1-22-6-7-24-12-3-2-10(8-11(12)16)17-15(21)18-4-5-23-13(9-18)14(19)20/h2-3,8,13H,4-7,9H2,1H3,(H,17,21)(H,19,20). The molecular weight excluding hydrogens is 323 g/mol. The van der Waals surface area contributed by atoms with Crippen molar-refractivity contribution in [1.82, 2.24) is 4.90 Å². The quantitative estimate of drug-likeness (QED) is 0.753. The molecule has 0 aromatic heterocycles. The number of hydrogen-bond donors (Lipinski definition) is 2. The van der Waals surface area contributed by atoms with Gasteiger partial charge in [0.15, 0.2) is 17.7 Å². The Morgan fingerprint density at radius 3 is 2.92 bits per heavy atom. The van der Waals surface area contributed by atoms with Gasteiger partial charge in [-0.05, 0) is 12.1 Å². The highest BCUT2D eigenvalue weighted by molar-refractivity contribution is 5.90. The van der Waals surface area contributed by atoms with Crippen molar-refractivity contribution in [3.05, 3.63) is 24.0 Å². The predicted molar refractivity (Wildman–Crippen MR) is 81.7 cm³/mol. The minimum Gasteiger partial charge on any atom is -0.488 e. The number of methoxy groups -OCH3 is 1. The van der Waals surface area contributed by atoms with E-state index in [4.69, 9.17) is 19.3 Å². The van der Waals surface area contributed by atoms with Crippen LogP contribution in [0.3, 0.4) is 0 Å². The molecule has 0 radical (unpaired) electrons. The van der Waals surface area contributed by atoms with E-state index < -0.39 is 23.9 Å². The molecule has 0 aliphatic carbocycles. The summed E-state index contributed by atoms with van der Waals surface area (Å²) in [4.78, 5) is 24.4. The molecule has 1 aromatic rings. The van der Waals surface area contributed by atoms with Gasteiger partial charge in [-0.3, -0.25) is 0 Å². The van der Waals surface area contributed by atoms with E-state index in [0.717, 1.165) is 6.07 Å². The molecule has 24 heavy (non-hydrogen) atoms. The Hall–Kier alpha value is -2.39. The van der Waals surface area contributed by atoms with Gasteiger partial charge >= 0.3 is 12.0 Å². The summed E-state index contributed by atoms with van der Waals surface area (Å²) in [6, 6.07) is 3.52. The van der Waals surface area contributed by atoms with Gasteiger partial charge < -0.3 is 29.5 Å². The van der Waals surface area contributed by atoms with Crippen LogP contribution in [0.15, 0.2) is 18.2 Å². The van der Waals surface area contributed by atoms with Crippen molar-refractivity contribution in [2.24, 2.45) is 0 Å². The van der Waals surface area contributed by atoms with Crippen LogP contribution < -0.4 is 10.1 Å². The fraction of sp³-hybridized carbons (Fsp3) is 0.467. The average molecular weight is 342 g/mol. The molecule has 2 rings (SSSR count). The summed E-state index contributed by atoms with van der Waals surface area (Å²) in [5, 5.41) is 11.5. The van der Waals surface area contributed by atoms with Crippen molar-refractivity contribution in [1.29, 1.82) is 0 Å². The summed E-state index contributed by atoms with van der Waals surface area (Å²) in [5.41, 5.74) is 0.245. The lowest BCUT2D eigenvalue weighted by Gasteiger charge is -2.30. The van der Waals surface area contributed by atoms with Crippen LogP contribution >= 0.6 is 0 Å². The van der Waals surface area contributed by atoms with Crippen LogP contribution in [0.1, 0.15) is 0 Å². The molecule has 1 aromatic carbocycles.